The molecule has 2 aliphatic heterocycles. The van der Waals surface area contributed by atoms with Gasteiger partial charge in [0.15, 0.2) is 0 Å². The minimum Gasteiger partial charge on any atom is -0.491 e. The molecule has 3 N–H and O–H groups in total. The van der Waals surface area contributed by atoms with Crippen molar-refractivity contribution in [2.45, 2.75) is 25.0 Å². The molecule has 0 aromatic heterocycles. The van der Waals surface area contributed by atoms with Gasteiger partial charge in [0.2, 0.25) is 0 Å². The number of rotatable bonds is 7. The molecule has 1 aliphatic carbocycles. The lowest BCUT2D eigenvalue weighted by Crippen LogP contribution is -2.30. The van der Waals surface area contributed by atoms with Gasteiger partial charge in [-0.05, 0) is 36.8 Å². The maximum atomic E-state index is 13.1. The molecule has 2 fully saturated rings. The molecule has 2 amide bonds. The SMILES string of the molecule is CNC(=O)c1cc(C(=O)N[C@H]2[C@@H]3COC[C@@H]32)cc2c1OC(C)C2c1cccc(OCCO)c1. The molecular formula is C25H28N2O6. The summed E-state index contributed by atoms with van der Waals surface area (Å²) in [5, 5.41) is 14.8. The number of hydrogen-bond donors (Lipinski definition) is 3. The van der Waals surface area contributed by atoms with Crippen LogP contribution in [0.15, 0.2) is 36.4 Å². The van der Waals surface area contributed by atoms with Crippen LogP contribution in [0.25, 0.3) is 0 Å². The van der Waals surface area contributed by atoms with Gasteiger partial charge in [-0.1, -0.05) is 12.1 Å². The molecule has 1 saturated carbocycles. The fraction of sp³-hybridized carbons (Fsp3) is 0.440. The van der Waals surface area contributed by atoms with Gasteiger partial charge in [0.1, 0.15) is 24.2 Å². The predicted octanol–water partition coefficient (Wildman–Crippen LogP) is 1.70. The summed E-state index contributed by atoms with van der Waals surface area (Å²) in [5.74, 6) is 1.25. The molecule has 0 bridgehead atoms. The number of hydrogen-bond acceptors (Lipinski definition) is 6. The predicted molar refractivity (Wildman–Crippen MR) is 120 cm³/mol. The number of carbonyl (C=O) groups is 2. The molecule has 3 aliphatic rings. The van der Waals surface area contributed by atoms with Crippen molar-refractivity contribution >= 4 is 11.8 Å². The summed E-state index contributed by atoms with van der Waals surface area (Å²) in [5.41, 5.74) is 2.54. The van der Waals surface area contributed by atoms with Crippen LogP contribution in [0.3, 0.4) is 0 Å². The third-order valence-electron chi connectivity index (χ3n) is 6.79. The lowest BCUT2D eigenvalue weighted by atomic mass is 9.86. The Balaban J connectivity index is 1.50. The van der Waals surface area contributed by atoms with Crippen LogP contribution >= 0.6 is 0 Å². The molecule has 1 saturated heterocycles. The number of nitrogens with one attached hydrogen (secondary N) is 2. The van der Waals surface area contributed by atoms with Gasteiger partial charge in [-0.25, -0.2) is 0 Å². The summed E-state index contributed by atoms with van der Waals surface area (Å²) in [6, 6.07) is 11.2. The van der Waals surface area contributed by atoms with E-state index < -0.39 is 0 Å². The van der Waals surface area contributed by atoms with Crippen LogP contribution < -0.4 is 20.1 Å². The minimum absolute atomic E-state index is 0.0706. The Morgan fingerprint density at radius 3 is 2.67 bits per heavy atom. The molecular weight excluding hydrogens is 424 g/mol. The molecule has 0 radical (unpaired) electrons. The number of aliphatic hydroxyl groups excluding tert-OH is 1. The number of ether oxygens (including phenoxy) is 3. The Bertz CT molecular complexity index is 1080. The van der Waals surface area contributed by atoms with E-state index >= 15 is 0 Å². The molecule has 8 nitrogen and oxygen atoms in total. The largest absolute Gasteiger partial charge is 0.491 e. The van der Waals surface area contributed by atoms with Crippen molar-refractivity contribution in [3.05, 3.63) is 58.7 Å². The fourth-order valence-corrected chi connectivity index (χ4v) is 5.06. The first kappa shape index (κ1) is 21.7. The van der Waals surface area contributed by atoms with Crippen LogP contribution in [0, 0.1) is 11.8 Å². The lowest BCUT2D eigenvalue weighted by Gasteiger charge is -2.17. The second-order valence-corrected chi connectivity index (χ2v) is 8.83. The zero-order chi connectivity index (χ0) is 23.1. The number of carbonyl (C=O) groups excluding carboxylic acids is 2. The van der Waals surface area contributed by atoms with E-state index in [0.29, 0.717) is 47.7 Å². The van der Waals surface area contributed by atoms with Crippen LogP contribution in [0.5, 0.6) is 11.5 Å². The molecule has 5 rings (SSSR count). The average molecular weight is 453 g/mol. The summed E-state index contributed by atoms with van der Waals surface area (Å²) in [7, 11) is 1.56. The highest BCUT2D eigenvalue weighted by molar-refractivity contribution is 6.02. The second kappa shape index (κ2) is 8.68. The van der Waals surface area contributed by atoms with Gasteiger partial charge in [-0.2, -0.15) is 0 Å². The normalized spacial score (nSPS) is 26.7. The van der Waals surface area contributed by atoms with Gasteiger partial charge in [-0.3, -0.25) is 9.59 Å². The maximum absolute atomic E-state index is 13.1. The van der Waals surface area contributed by atoms with Crippen molar-refractivity contribution in [2.24, 2.45) is 11.8 Å². The van der Waals surface area contributed by atoms with Gasteiger partial charge >= 0.3 is 0 Å². The molecule has 2 aromatic carbocycles. The van der Waals surface area contributed by atoms with Crippen molar-refractivity contribution in [3.63, 3.8) is 0 Å². The Kier molecular flexibility index (Phi) is 5.72. The average Bonchev–Trinajstić information content (AvgIpc) is 3.15. The van der Waals surface area contributed by atoms with Crippen molar-refractivity contribution < 1.29 is 28.9 Å². The molecule has 33 heavy (non-hydrogen) atoms. The van der Waals surface area contributed by atoms with Crippen molar-refractivity contribution in [3.8, 4) is 11.5 Å². The van der Waals surface area contributed by atoms with Gasteiger partial charge in [-0.15, -0.1) is 0 Å². The summed E-state index contributed by atoms with van der Waals surface area (Å²) in [6.45, 7) is 3.45. The van der Waals surface area contributed by atoms with E-state index in [2.05, 4.69) is 10.6 Å². The van der Waals surface area contributed by atoms with Crippen LogP contribution in [0.4, 0.5) is 0 Å². The molecule has 0 spiro atoms. The first-order valence-corrected chi connectivity index (χ1v) is 11.3. The smallest absolute Gasteiger partial charge is 0.254 e. The second-order valence-electron chi connectivity index (χ2n) is 8.83. The van der Waals surface area contributed by atoms with Gasteiger partial charge in [0.25, 0.3) is 11.8 Å². The van der Waals surface area contributed by atoms with E-state index in [1.165, 1.54) is 0 Å². The zero-order valence-electron chi connectivity index (χ0n) is 18.7. The minimum atomic E-state index is -0.300. The van der Waals surface area contributed by atoms with Gasteiger partial charge < -0.3 is 30.0 Å². The Morgan fingerprint density at radius 1 is 1.15 bits per heavy atom. The molecule has 8 heteroatoms. The zero-order valence-corrected chi connectivity index (χ0v) is 18.7. The quantitative estimate of drug-likeness (QED) is 0.591. The summed E-state index contributed by atoms with van der Waals surface area (Å²) in [4.78, 5) is 25.8. The molecule has 174 valence electrons. The van der Waals surface area contributed by atoms with Crippen molar-refractivity contribution in [1.82, 2.24) is 10.6 Å². The number of fused-ring (bicyclic) bond motifs is 2. The van der Waals surface area contributed by atoms with Crippen molar-refractivity contribution in [1.29, 1.82) is 0 Å². The Hall–Kier alpha value is -3.10. The standard InChI is InChI=1S/C25H28N2O6/c1-13-21(14-4-3-5-16(8-14)32-7-6-28)17-9-15(10-18(23(17)33-13)25(30)26-2)24(29)27-22-19-11-31-12-20(19)22/h3-5,8-10,13,19-22,28H,6-7,11-12H2,1-2H3,(H,26,30)(H,27,29)/t13?,19-,20+,21?,22+. The first-order valence-electron chi connectivity index (χ1n) is 11.3. The topological polar surface area (TPSA) is 106 Å². The summed E-state index contributed by atoms with van der Waals surface area (Å²) < 4.78 is 17.1. The van der Waals surface area contributed by atoms with Crippen LogP contribution in [0.2, 0.25) is 0 Å². The van der Waals surface area contributed by atoms with E-state index in [4.69, 9.17) is 19.3 Å². The number of aliphatic hydroxyl groups is 1. The summed E-state index contributed by atoms with van der Waals surface area (Å²) in [6.07, 6.45) is -0.241. The van der Waals surface area contributed by atoms with E-state index in [1.807, 2.05) is 37.3 Å². The molecule has 5 atom stereocenters. The maximum Gasteiger partial charge on any atom is 0.254 e. The van der Waals surface area contributed by atoms with Crippen LogP contribution in [0.1, 0.15) is 44.7 Å². The number of amides is 2. The highest BCUT2D eigenvalue weighted by Crippen LogP contribution is 2.46. The van der Waals surface area contributed by atoms with E-state index in [0.717, 1.165) is 11.1 Å². The van der Waals surface area contributed by atoms with Crippen LogP contribution in [-0.4, -0.2) is 62.5 Å². The third-order valence-corrected chi connectivity index (χ3v) is 6.79. The lowest BCUT2D eigenvalue weighted by molar-refractivity contribution is 0.0928. The third kappa shape index (κ3) is 3.94. The number of benzene rings is 2. The van der Waals surface area contributed by atoms with Gasteiger partial charge in [0.05, 0.1) is 25.4 Å². The van der Waals surface area contributed by atoms with Crippen molar-refractivity contribution in [2.75, 3.05) is 33.5 Å². The first-order chi connectivity index (χ1) is 16.0. The fourth-order valence-electron chi connectivity index (χ4n) is 5.06. The van der Waals surface area contributed by atoms with E-state index in [-0.39, 0.29) is 43.1 Å². The summed E-state index contributed by atoms with van der Waals surface area (Å²) >= 11 is 0. The molecule has 2 heterocycles. The van der Waals surface area contributed by atoms with E-state index in [9.17, 15) is 9.59 Å². The van der Waals surface area contributed by atoms with Crippen LogP contribution in [-0.2, 0) is 4.74 Å². The Labute approximate surface area is 192 Å². The highest BCUT2D eigenvalue weighted by Gasteiger charge is 2.54. The highest BCUT2D eigenvalue weighted by atomic mass is 16.5. The van der Waals surface area contributed by atoms with E-state index in [1.54, 1.807) is 13.1 Å². The molecule has 2 unspecified atom stereocenters. The molecule has 2 aromatic rings. The van der Waals surface area contributed by atoms with Gasteiger partial charge in [0, 0.05) is 42.0 Å². The Morgan fingerprint density at radius 2 is 1.94 bits per heavy atom. The monoisotopic (exact) mass is 452 g/mol.